The molecule has 0 N–H and O–H groups in total. The highest BCUT2D eigenvalue weighted by molar-refractivity contribution is 5.32. The average molecular weight is 182 g/mol. The van der Waals surface area contributed by atoms with Gasteiger partial charge in [0.05, 0.1) is 19.8 Å². The number of rotatable bonds is 2. The second-order valence-electron chi connectivity index (χ2n) is 2.63. The smallest absolute Gasteiger partial charge is 0.250 e. The van der Waals surface area contributed by atoms with Crippen LogP contribution in [0.25, 0.3) is 6.08 Å². The molecule has 1 saturated heterocycles. The predicted octanol–water partition coefficient (Wildman–Crippen LogP) is 0.800. The summed E-state index contributed by atoms with van der Waals surface area (Å²) in [7, 11) is 0. The molecule has 70 valence electrons. The predicted molar refractivity (Wildman–Crippen MR) is 43.9 cm³/mol. The third-order valence-corrected chi connectivity index (χ3v) is 1.74. The van der Waals surface area contributed by atoms with E-state index in [1.165, 1.54) is 6.08 Å². The van der Waals surface area contributed by atoms with Crippen molar-refractivity contribution >= 4 is 6.08 Å². The molecule has 1 aromatic heterocycles. The molecule has 5 nitrogen and oxygen atoms in total. The van der Waals surface area contributed by atoms with Gasteiger partial charge in [-0.3, -0.25) is 0 Å². The molecule has 1 aliphatic rings. The highest BCUT2D eigenvalue weighted by Crippen LogP contribution is 2.17. The van der Waals surface area contributed by atoms with Gasteiger partial charge in [-0.15, -0.1) is 0 Å². The monoisotopic (exact) mass is 182 g/mol. The maximum absolute atomic E-state index is 5.38. The summed E-state index contributed by atoms with van der Waals surface area (Å²) in [5.41, 5.74) is 0. The first-order valence-corrected chi connectivity index (χ1v) is 4.05. The number of hydrogen-bond donors (Lipinski definition) is 0. The van der Waals surface area contributed by atoms with Crippen molar-refractivity contribution in [3.63, 3.8) is 0 Å². The van der Waals surface area contributed by atoms with E-state index in [0.29, 0.717) is 31.5 Å². The molecule has 5 heteroatoms. The number of ether oxygens (including phenoxy) is 2. The second kappa shape index (κ2) is 3.68. The quantitative estimate of drug-likeness (QED) is 0.677. The second-order valence-corrected chi connectivity index (χ2v) is 2.63. The molecule has 0 saturated carbocycles. The van der Waals surface area contributed by atoms with Crippen molar-refractivity contribution in [2.45, 2.75) is 6.10 Å². The molecule has 0 aromatic carbocycles. The van der Waals surface area contributed by atoms with E-state index in [9.17, 15) is 0 Å². The maximum Gasteiger partial charge on any atom is 0.250 e. The average Bonchev–Trinajstić information content (AvgIpc) is 2.67. The minimum absolute atomic E-state index is 0.203. The van der Waals surface area contributed by atoms with E-state index in [1.54, 1.807) is 0 Å². The van der Waals surface area contributed by atoms with Crippen molar-refractivity contribution in [3.05, 3.63) is 18.3 Å². The van der Waals surface area contributed by atoms with Gasteiger partial charge in [0.1, 0.15) is 6.10 Å². The zero-order valence-corrected chi connectivity index (χ0v) is 7.10. The van der Waals surface area contributed by atoms with Crippen LogP contribution in [0.15, 0.2) is 11.1 Å². The van der Waals surface area contributed by atoms with Gasteiger partial charge in [0.15, 0.2) is 0 Å². The number of hydrogen-bond acceptors (Lipinski definition) is 5. The third-order valence-electron chi connectivity index (χ3n) is 1.74. The van der Waals surface area contributed by atoms with Gasteiger partial charge in [-0.1, -0.05) is 11.7 Å². The molecular weight excluding hydrogens is 172 g/mol. The van der Waals surface area contributed by atoms with Gasteiger partial charge >= 0.3 is 0 Å². The van der Waals surface area contributed by atoms with E-state index >= 15 is 0 Å². The van der Waals surface area contributed by atoms with E-state index in [1.807, 2.05) is 0 Å². The summed E-state index contributed by atoms with van der Waals surface area (Å²) >= 11 is 0. The molecule has 0 spiro atoms. The molecule has 1 aliphatic heterocycles. The van der Waals surface area contributed by atoms with Crippen LogP contribution < -0.4 is 0 Å². The van der Waals surface area contributed by atoms with Crippen LogP contribution in [0.3, 0.4) is 0 Å². The van der Waals surface area contributed by atoms with E-state index in [2.05, 4.69) is 16.7 Å². The molecule has 0 aliphatic carbocycles. The highest BCUT2D eigenvalue weighted by atomic mass is 16.6. The Kier molecular flexibility index (Phi) is 2.37. The van der Waals surface area contributed by atoms with Crippen LogP contribution in [0.5, 0.6) is 0 Å². The number of nitrogens with zero attached hydrogens (tertiary/aromatic N) is 2. The Bertz CT molecular complexity index is 291. The molecule has 13 heavy (non-hydrogen) atoms. The van der Waals surface area contributed by atoms with Crippen LogP contribution >= 0.6 is 0 Å². The highest BCUT2D eigenvalue weighted by Gasteiger charge is 2.21. The molecule has 1 aromatic rings. The maximum atomic E-state index is 5.38. The molecule has 2 heterocycles. The molecule has 0 bridgehead atoms. The normalized spacial score (nSPS) is 22.9. The van der Waals surface area contributed by atoms with Crippen molar-refractivity contribution in [1.29, 1.82) is 0 Å². The standard InChI is InChI=1S/C8H10N2O3/c1-2-7-9-8(10-13-7)6-5-11-3-4-12-6/h2,6H,1,3-5H2. The fourth-order valence-electron chi connectivity index (χ4n) is 1.10. The van der Waals surface area contributed by atoms with E-state index in [-0.39, 0.29) is 6.10 Å². The first-order valence-electron chi connectivity index (χ1n) is 4.05. The first-order chi connectivity index (χ1) is 6.40. The Morgan fingerprint density at radius 1 is 1.46 bits per heavy atom. The first kappa shape index (κ1) is 8.40. The zero-order valence-electron chi connectivity index (χ0n) is 7.10. The molecule has 1 atom stereocenters. The van der Waals surface area contributed by atoms with E-state index in [0.717, 1.165) is 0 Å². The Morgan fingerprint density at radius 3 is 3.00 bits per heavy atom. The van der Waals surface area contributed by atoms with Crippen LogP contribution in [0.1, 0.15) is 17.8 Å². The van der Waals surface area contributed by atoms with Crippen molar-refractivity contribution in [2.24, 2.45) is 0 Å². The van der Waals surface area contributed by atoms with Crippen LogP contribution in [0, 0.1) is 0 Å². The summed E-state index contributed by atoms with van der Waals surface area (Å²) in [5.74, 6) is 0.929. The summed E-state index contributed by atoms with van der Waals surface area (Å²) in [6.45, 7) is 5.20. The van der Waals surface area contributed by atoms with Crippen LogP contribution in [0.2, 0.25) is 0 Å². The van der Waals surface area contributed by atoms with Gasteiger partial charge < -0.3 is 14.0 Å². The van der Waals surface area contributed by atoms with Crippen molar-refractivity contribution in [3.8, 4) is 0 Å². The number of aromatic nitrogens is 2. The fraction of sp³-hybridized carbons (Fsp3) is 0.500. The molecular formula is C8H10N2O3. The largest absolute Gasteiger partial charge is 0.376 e. The minimum Gasteiger partial charge on any atom is -0.376 e. The van der Waals surface area contributed by atoms with Gasteiger partial charge in [-0.25, -0.2) is 0 Å². The van der Waals surface area contributed by atoms with Gasteiger partial charge in [0.25, 0.3) is 0 Å². The lowest BCUT2D eigenvalue weighted by molar-refractivity contribution is -0.0941. The van der Waals surface area contributed by atoms with Crippen LogP contribution in [-0.2, 0) is 9.47 Å². The van der Waals surface area contributed by atoms with Gasteiger partial charge in [-0.05, 0) is 6.08 Å². The van der Waals surface area contributed by atoms with Gasteiger partial charge in [0.2, 0.25) is 11.7 Å². The summed E-state index contributed by atoms with van der Waals surface area (Å²) in [4.78, 5) is 4.05. The molecule has 1 unspecified atom stereocenters. The topological polar surface area (TPSA) is 57.4 Å². The summed E-state index contributed by atoms with van der Waals surface area (Å²) in [6, 6.07) is 0. The summed E-state index contributed by atoms with van der Waals surface area (Å²) in [6.07, 6.45) is 1.30. The lowest BCUT2D eigenvalue weighted by Crippen LogP contribution is -2.22. The Balaban J connectivity index is 2.09. The lowest BCUT2D eigenvalue weighted by Gasteiger charge is -2.19. The zero-order chi connectivity index (χ0) is 9.10. The Morgan fingerprint density at radius 2 is 2.38 bits per heavy atom. The minimum atomic E-state index is -0.203. The Labute approximate surface area is 75.3 Å². The van der Waals surface area contributed by atoms with Crippen molar-refractivity contribution in [1.82, 2.24) is 10.1 Å². The molecule has 0 amide bonds. The SMILES string of the molecule is C=Cc1nc(C2COCCO2)no1. The fourth-order valence-corrected chi connectivity index (χ4v) is 1.10. The van der Waals surface area contributed by atoms with Crippen LogP contribution in [0.4, 0.5) is 0 Å². The Hall–Kier alpha value is -1.20. The molecule has 2 rings (SSSR count). The summed E-state index contributed by atoms with van der Waals surface area (Å²) in [5, 5.41) is 3.75. The van der Waals surface area contributed by atoms with Crippen LogP contribution in [-0.4, -0.2) is 30.0 Å². The van der Waals surface area contributed by atoms with E-state index in [4.69, 9.17) is 14.0 Å². The summed E-state index contributed by atoms with van der Waals surface area (Å²) < 4.78 is 15.4. The van der Waals surface area contributed by atoms with Gasteiger partial charge in [0, 0.05) is 0 Å². The van der Waals surface area contributed by atoms with Gasteiger partial charge in [-0.2, -0.15) is 4.98 Å². The third kappa shape index (κ3) is 1.76. The van der Waals surface area contributed by atoms with Crippen molar-refractivity contribution in [2.75, 3.05) is 19.8 Å². The van der Waals surface area contributed by atoms with Crippen molar-refractivity contribution < 1.29 is 14.0 Å². The molecule has 1 fully saturated rings. The lowest BCUT2D eigenvalue weighted by atomic mass is 10.3. The molecule has 0 radical (unpaired) electrons. The van der Waals surface area contributed by atoms with E-state index < -0.39 is 0 Å².